The molecule has 7 heteroatoms. The van der Waals surface area contributed by atoms with E-state index in [9.17, 15) is 9.59 Å². The second-order valence-corrected chi connectivity index (χ2v) is 10.1. The van der Waals surface area contributed by atoms with Crippen LogP contribution in [0, 0.1) is 6.92 Å². The monoisotopic (exact) mass is 490 g/mol. The summed E-state index contributed by atoms with van der Waals surface area (Å²) in [7, 11) is 1.54. The Bertz CT molecular complexity index is 1190. The van der Waals surface area contributed by atoms with Gasteiger partial charge in [0.2, 0.25) is 5.91 Å². The maximum Gasteiger partial charge on any atom is 0.258 e. The highest BCUT2D eigenvalue weighted by atomic mass is 16.5. The molecule has 0 spiro atoms. The molecule has 0 unspecified atom stereocenters. The minimum atomic E-state index is -0.274. The van der Waals surface area contributed by atoms with Crippen molar-refractivity contribution < 1.29 is 14.3 Å². The lowest BCUT2D eigenvalue weighted by Gasteiger charge is -2.23. The van der Waals surface area contributed by atoms with Gasteiger partial charge in [-0.2, -0.15) is 5.10 Å². The molecule has 0 fully saturated rings. The van der Waals surface area contributed by atoms with Gasteiger partial charge in [-0.1, -0.05) is 64.8 Å². The zero-order chi connectivity index (χ0) is 26.3. The van der Waals surface area contributed by atoms with Gasteiger partial charge in [0.15, 0.2) is 0 Å². The van der Waals surface area contributed by atoms with Crippen molar-refractivity contribution in [2.75, 3.05) is 25.5 Å². The number of methoxy groups -OCH3 is 1. The van der Waals surface area contributed by atoms with Crippen molar-refractivity contribution in [1.82, 2.24) is 14.7 Å². The van der Waals surface area contributed by atoms with Gasteiger partial charge < -0.3 is 15.0 Å². The number of amides is 2. The number of carbonyl (C=O) groups is 2. The molecule has 192 valence electrons. The summed E-state index contributed by atoms with van der Waals surface area (Å²) in [6.45, 7) is 10.8. The molecule has 0 radical (unpaired) electrons. The number of carbonyl (C=O) groups excluding carboxylic acids is 2. The van der Waals surface area contributed by atoms with Gasteiger partial charge in [-0.3, -0.25) is 9.59 Å². The molecule has 2 aromatic carbocycles. The Labute approximate surface area is 214 Å². The van der Waals surface area contributed by atoms with E-state index in [-0.39, 0.29) is 23.8 Å². The van der Waals surface area contributed by atoms with E-state index >= 15 is 0 Å². The molecule has 2 amide bonds. The number of hydrogen-bond donors (Lipinski definition) is 1. The van der Waals surface area contributed by atoms with Gasteiger partial charge >= 0.3 is 0 Å². The zero-order valence-corrected chi connectivity index (χ0v) is 22.3. The lowest BCUT2D eigenvalue weighted by molar-refractivity contribution is -0.117. The van der Waals surface area contributed by atoms with Crippen molar-refractivity contribution in [3.63, 3.8) is 0 Å². The summed E-state index contributed by atoms with van der Waals surface area (Å²) in [5.41, 5.74) is 3.08. The first-order valence-electron chi connectivity index (χ1n) is 12.5. The number of nitrogens with zero attached hydrogens (tertiary/aromatic N) is 3. The number of anilines is 1. The molecule has 1 heterocycles. The topological polar surface area (TPSA) is 76.5 Å². The molecule has 36 heavy (non-hydrogen) atoms. The predicted molar refractivity (Wildman–Crippen MR) is 144 cm³/mol. The highest BCUT2D eigenvalue weighted by Gasteiger charge is 2.24. The minimum absolute atomic E-state index is 0.0650. The van der Waals surface area contributed by atoms with Crippen LogP contribution >= 0.6 is 0 Å². The Hall–Kier alpha value is -3.61. The van der Waals surface area contributed by atoms with E-state index in [2.05, 4.69) is 33.0 Å². The van der Waals surface area contributed by atoms with Gasteiger partial charge in [0, 0.05) is 18.0 Å². The number of aryl methyl sites for hydroxylation is 1. The number of unbranched alkanes of at least 4 members (excludes halogenated alkanes) is 2. The summed E-state index contributed by atoms with van der Waals surface area (Å²) < 4.78 is 7.15. The molecule has 0 saturated heterocycles. The maximum atomic E-state index is 13.4. The molecule has 3 aromatic rings. The molecule has 0 aliphatic rings. The molecule has 1 N–H and O–H groups in total. The SMILES string of the molecule is CCCCCN(CC(=O)Nc1cc(C(C)(C)C)nn1-c1cccc(C)c1)C(=O)c1ccccc1OC. The lowest BCUT2D eigenvalue weighted by atomic mass is 9.92. The van der Waals surface area contributed by atoms with E-state index in [1.807, 2.05) is 43.3 Å². The first-order valence-corrected chi connectivity index (χ1v) is 12.5. The van der Waals surface area contributed by atoms with Crippen LogP contribution in [0.2, 0.25) is 0 Å². The van der Waals surface area contributed by atoms with Crippen molar-refractivity contribution in [3.05, 3.63) is 71.4 Å². The summed E-state index contributed by atoms with van der Waals surface area (Å²) in [5.74, 6) is 0.579. The fourth-order valence-corrected chi connectivity index (χ4v) is 3.95. The van der Waals surface area contributed by atoms with Crippen LogP contribution in [0.25, 0.3) is 5.69 Å². The predicted octanol–water partition coefficient (Wildman–Crippen LogP) is 5.76. The third kappa shape index (κ3) is 6.74. The molecule has 0 atom stereocenters. The third-order valence-electron chi connectivity index (χ3n) is 5.98. The Morgan fingerprint density at radius 2 is 1.81 bits per heavy atom. The second kappa shape index (κ2) is 11.9. The number of rotatable bonds is 10. The normalized spacial score (nSPS) is 11.3. The van der Waals surface area contributed by atoms with E-state index in [1.54, 1.807) is 34.9 Å². The molecule has 0 aliphatic carbocycles. The fourth-order valence-electron chi connectivity index (χ4n) is 3.95. The number of nitrogens with one attached hydrogen (secondary N) is 1. The highest BCUT2D eigenvalue weighted by Crippen LogP contribution is 2.27. The molecule has 0 bridgehead atoms. The summed E-state index contributed by atoms with van der Waals surface area (Å²) >= 11 is 0. The van der Waals surface area contributed by atoms with Crippen LogP contribution in [0.3, 0.4) is 0 Å². The van der Waals surface area contributed by atoms with E-state index in [4.69, 9.17) is 9.84 Å². The van der Waals surface area contributed by atoms with Crippen LogP contribution in [-0.2, 0) is 10.2 Å². The molecule has 1 aromatic heterocycles. The maximum absolute atomic E-state index is 13.4. The van der Waals surface area contributed by atoms with Gasteiger partial charge in [0.25, 0.3) is 5.91 Å². The average molecular weight is 491 g/mol. The molecule has 0 aliphatic heterocycles. The van der Waals surface area contributed by atoms with E-state index < -0.39 is 0 Å². The van der Waals surface area contributed by atoms with Crippen molar-refractivity contribution in [3.8, 4) is 11.4 Å². The van der Waals surface area contributed by atoms with Crippen molar-refractivity contribution >= 4 is 17.6 Å². The van der Waals surface area contributed by atoms with Gasteiger partial charge in [-0.05, 0) is 43.2 Å². The minimum Gasteiger partial charge on any atom is -0.496 e. The van der Waals surface area contributed by atoms with Gasteiger partial charge in [-0.25, -0.2) is 4.68 Å². The summed E-state index contributed by atoms with van der Waals surface area (Å²) in [4.78, 5) is 28.3. The highest BCUT2D eigenvalue weighted by molar-refractivity contribution is 6.00. The van der Waals surface area contributed by atoms with Crippen LogP contribution in [0.5, 0.6) is 5.75 Å². The summed E-state index contributed by atoms with van der Waals surface area (Å²) in [6, 6.07) is 17.0. The Balaban J connectivity index is 1.87. The van der Waals surface area contributed by atoms with E-state index in [0.717, 1.165) is 36.2 Å². The summed E-state index contributed by atoms with van der Waals surface area (Å²) in [6.07, 6.45) is 2.82. The van der Waals surface area contributed by atoms with E-state index in [0.29, 0.717) is 23.7 Å². The fraction of sp³-hybridized carbons (Fsp3) is 0.414. The van der Waals surface area contributed by atoms with Crippen LogP contribution in [0.1, 0.15) is 68.6 Å². The van der Waals surface area contributed by atoms with Crippen molar-refractivity contribution in [2.24, 2.45) is 0 Å². The van der Waals surface area contributed by atoms with Crippen molar-refractivity contribution in [1.29, 1.82) is 0 Å². The first-order chi connectivity index (χ1) is 17.1. The molecular formula is C29H38N4O3. The zero-order valence-electron chi connectivity index (χ0n) is 22.3. The van der Waals surface area contributed by atoms with Crippen LogP contribution in [-0.4, -0.2) is 46.7 Å². The van der Waals surface area contributed by atoms with Crippen LogP contribution in [0.4, 0.5) is 5.82 Å². The van der Waals surface area contributed by atoms with Crippen LogP contribution < -0.4 is 10.1 Å². The molecular weight excluding hydrogens is 452 g/mol. The first kappa shape index (κ1) is 27.0. The molecule has 0 saturated carbocycles. The summed E-state index contributed by atoms with van der Waals surface area (Å²) in [5, 5.41) is 7.81. The van der Waals surface area contributed by atoms with Crippen LogP contribution in [0.15, 0.2) is 54.6 Å². The van der Waals surface area contributed by atoms with Gasteiger partial charge in [-0.15, -0.1) is 0 Å². The second-order valence-electron chi connectivity index (χ2n) is 10.1. The third-order valence-corrected chi connectivity index (χ3v) is 5.98. The Morgan fingerprint density at radius 1 is 1.06 bits per heavy atom. The van der Waals surface area contributed by atoms with Gasteiger partial charge in [0.1, 0.15) is 18.1 Å². The standard InChI is InChI=1S/C29H38N4O3/c1-7-8-11-17-32(28(35)23-15-9-10-16-24(23)36-6)20-27(34)30-26-19-25(29(3,4)5)31-33(26)22-14-12-13-21(2)18-22/h9-10,12-16,18-19H,7-8,11,17,20H2,1-6H3,(H,30,34). The number of hydrogen-bond acceptors (Lipinski definition) is 4. The number of aromatic nitrogens is 2. The van der Waals surface area contributed by atoms with Gasteiger partial charge in [0.05, 0.1) is 24.1 Å². The van der Waals surface area contributed by atoms with E-state index in [1.165, 1.54) is 0 Å². The quantitative estimate of drug-likeness (QED) is 0.367. The average Bonchev–Trinajstić information content (AvgIpc) is 3.27. The molecule has 7 nitrogen and oxygen atoms in total. The largest absolute Gasteiger partial charge is 0.496 e. The Kier molecular flexibility index (Phi) is 8.91. The molecule has 3 rings (SSSR count). The Morgan fingerprint density at radius 3 is 2.47 bits per heavy atom. The smallest absolute Gasteiger partial charge is 0.258 e. The number of ether oxygens (including phenoxy) is 1. The number of para-hydroxylation sites is 1. The van der Waals surface area contributed by atoms with Crippen molar-refractivity contribution in [2.45, 2.75) is 59.3 Å². The number of benzene rings is 2. The lowest BCUT2D eigenvalue weighted by Crippen LogP contribution is -2.39.